The molecule has 0 radical (unpaired) electrons. The molecule has 0 bridgehead atoms. The number of rotatable bonds is 4. The van der Waals surface area contributed by atoms with Crippen LogP contribution in [0.25, 0.3) is 0 Å². The molecule has 1 atom stereocenters. The van der Waals surface area contributed by atoms with E-state index in [2.05, 4.69) is 22.3 Å². The van der Waals surface area contributed by atoms with Crippen molar-refractivity contribution >= 4 is 11.8 Å². The Balaban J connectivity index is 1.49. The lowest BCUT2D eigenvalue weighted by Gasteiger charge is -2.25. The lowest BCUT2D eigenvalue weighted by molar-refractivity contribution is 0.0830. The molecule has 1 aromatic heterocycles. The van der Waals surface area contributed by atoms with Gasteiger partial charge in [-0.25, -0.2) is 4.68 Å². The number of benzene rings is 2. The van der Waals surface area contributed by atoms with Gasteiger partial charge in [0.1, 0.15) is 6.61 Å². The first-order chi connectivity index (χ1) is 11.8. The average Bonchev–Trinajstić information content (AvgIpc) is 3.01. The van der Waals surface area contributed by atoms with E-state index < -0.39 is 0 Å². The molecule has 7 heteroatoms. The molecule has 3 aromatic rings. The smallest absolute Gasteiger partial charge is 0.210 e. The third kappa shape index (κ3) is 2.90. The van der Waals surface area contributed by atoms with Crippen LogP contribution in [0.4, 0.5) is 0 Å². The van der Waals surface area contributed by atoms with Crippen molar-refractivity contribution in [2.75, 3.05) is 12.4 Å². The van der Waals surface area contributed by atoms with Crippen LogP contribution in [0.5, 0.6) is 11.5 Å². The Morgan fingerprint density at radius 2 is 1.79 bits per heavy atom. The second-order valence-electron chi connectivity index (χ2n) is 5.35. The highest BCUT2D eigenvalue weighted by Gasteiger charge is 2.27. The average molecular weight is 340 g/mol. The van der Waals surface area contributed by atoms with Gasteiger partial charge in [0.15, 0.2) is 23.4 Å². The zero-order valence-corrected chi connectivity index (χ0v) is 13.6. The van der Waals surface area contributed by atoms with Gasteiger partial charge in [-0.1, -0.05) is 54.2 Å². The third-order valence-electron chi connectivity index (χ3n) is 3.70. The summed E-state index contributed by atoms with van der Waals surface area (Å²) in [5.74, 6) is 8.91. The first kappa shape index (κ1) is 14.9. The molecule has 0 aliphatic carbocycles. The molecule has 0 amide bonds. The van der Waals surface area contributed by atoms with Crippen LogP contribution in [0.1, 0.15) is 17.5 Å². The van der Waals surface area contributed by atoms with Gasteiger partial charge < -0.3 is 15.3 Å². The van der Waals surface area contributed by atoms with E-state index >= 15 is 0 Å². The minimum absolute atomic E-state index is 0.357. The van der Waals surface area contributed by atoms with Crippen molar-refractivity contribution in [3.8, 4) is 11.5 Å². The maximum absolute atomic E-state index is 6.15. The van der Waals surface area contributed by atoms with E-state index in [0.29, 0.717) is 23.3 Å². The predicted octanol–water partition coefficient (Wildman–Crippen LogP) is 2.80. The minimum Gasteiger partial charge on any atom is -0.485 e. The van der Waals surface area contributed by atoms with Gasteiger partial charge in [0.2, 0.25) is 5.16 Å². The summed E-state index contributed by atoms with van der Waals surface area (Å²) in [5.41, 5.74) is 1.21. The van der Waals surface area contributed by atoms with E-state index in [4.69, 9.17) is 15.3 Å². The van der Waals surface area contributed by atoms with Crippen LogP contribution in [-0.2, 0) is 5.75 Å². The molecular weight excluding hydrogens is 324 g/mol. The number of para-hydroxylation sites is 2. The van der Waals surface area contributed by atoms with Crippen LogP contribution in [0.2, 0.25) is 0 Å². The molecule has 2 heterocycles. The Morgan fingerprint density at radius 3 is 2.62 bits per heavy atom. The molecule has 0 fully saturated rings. The molecular formula is C17H16N4O2S. The molecule has 4 rings (SSSR count). The van der Waals surface area contributed by atoms with Crippen molar-refractivity contribution in [2.45, 2.75) is 17.0 Å². The summed E-state index contributed by atoms with van der Waals surface area (Å²) in [6, 6.07) is 17.7. The molecule has 0 spiro atoms. The molecule has 6 nitrogen and oxygen atoms in total. The molecule has 1 aliphatic heterocycles. The number of fused-ring (bicyclic) bond motifs is 1. The number of thioether (sulfide) groups is 1. The van der Waals surface area contributed by atoms with Crippen LogP contribution in [0.3, 0.4) is 0 Å². The standard InChI is InChI=1S/C17H16N4O2S/c18-21-16(15-10-22-13-8-4-5-9-14(13)23-15)19-20-17(21)24-11-12-6-2-1-3-7-12/h1-9,15H,10-11,18H2. The summed E-state index contributed by atoms with van der Waals surface area (Å²) >= 11 is 1.54. The van der Waals surface area contributed by atoms with Gasteiger partial charge in [-0.05, 0) is 17.7 Å². The SMILES string of the molecule is Nn1c(SCc2ccccc2)nnc1C1COc2ccccc2O1. The van der Waals surface area contributed by atoms with Crippen molar-refractivity contribution in [3.63, 3.8) is 0 Å². The second-order valence-corrected chi connectivity index (χ2v) is 6.29. The fourth-order valence-corrected chi connectivity index (χ4v) is 3.29. The van der Waals surface area contributed by atoms with Crippen molar-refractivity contribution in [1.29, 1.82) is 0 Å². The maximum Gasteiger partial charge on any atom is 0.210 e. The van der Waals surface area contributed by atoms with Crippen LogP contribution < -0.4 is 15.3 Å². The summed E-state index contributed by atoms with van der Waals surface area (Å²) < 4.78 is 13.1. The first-order valence-electron chi connectivity index (χ1n) is 7.57. The van der Waals surface area contributed by atoms with E-state index in [1.54, 1.807) is 0 Å². The van der Waals surface area contributed by atoms with Gasteiger partial charge in [-0.15, -0.1) is 10.2 Å². The lowest BCUT2D eigenvalue weighted by Crippen LogP contribution is -2.27. The second kappa shape index (κ2) is 6.45. The Morgan fingerprint density at radius 1 is 1.04 bits per heavy atom. The zero-order valence-electron chi connectivity index (χ0n) is 12.8. The van der Waals surface area contributed by atoms with Gasteiger partial charge in [0, 0.05) is 5.75 Å². The first-order valence-corrected chi connectivity index (χ1v) is 8.55. The number of hydrogen-bond acceptors (Lipinski definition) is 6. The molecule has 122 valence electrons. The topological polar surface area (TPSA) is 75.2 Å². The molecule has 24 heavy (non-hydrogen) atoms. The summed E-state index contributed by atoms with van der Waals surface area (Å²) in [4.78, 5) is 0. The van der Waals surface area contributed by atoms with Crippen LogP contribution in [0.15, 0.2) is 59.8 Å². The Hall–Kier alpha value is -2.67. The summed E-state index contributed by atoms with van der Waals surface area (Å²) in [7, 11) is 0. The molecule has 2 aromatic carbocycles. The van der Waals surface area contributed by atoms with Gasteiger partial charge in [-0.2, -0.15) is 0 Å². The number of nitrogen functional groups attached to an aromatic ring is 1. The van der Waals surface area contributed by atoms with E-state index in [1.807, 2.05) is 42.5 Å². The molecule has 1 unspecified atom stereocenters. The van der Waals surface area contributed by atoms with Crippen molar-refractivity contribution in [2.24, 2.45) is 0 Å². The highest BCUT2D eigenvalue weighted by molar-refractivity contribution is 7.98. The van der Waals surface area contributed by atoms with E-state index in [0.717, 1.165) is 11.5 Å². The number of aromatic nitrogens is 3. The quantitative estimate of drug-likeness (QED) is 0.581. The number of nitrogens with two attached hydrogens (primary N) is 1. The molecule has 0 saturated carbocycles. The van der Waals surface area contributed by atoms with Crippen LogP contribution >= 0.6 is 11.8 Å². The predicted molar refractivity (Wildman–Crippen MR) is 91.5 cm³/mol. The third-order valence-corrected chi connectivity index (χ3v) is 4.71. The fraction of sp³-hybridized carbons (Fsp3) is 0.176. The van der Waals surface area contributed by atoms with Gasteiger partial charge in [0.05, 0.1) is 0 Å². The Kier molecular flexibility index (Phi) is 4.00. The van der Waals surface area contributed by atoms with Crippen molar-refractivity contribution in [3.05, 3.63) is 66.0 Å². The molecule has 0 saturated heterocycles. The van der Waals surface area contributed by atoms with E-state index in [1.165, 1.54) is 22.0 Å². The fourth-order valence-electron chi connectivity index (χ4n) is 2.48. The molecule has 2 N–H and O–H groups in total. The van der Waals surface area contributed by atoms with Crippen molar-refractivity contribution in [1.82, 2.24) is 14.9 Å². The summed E-state index contributed by atoms with van der Waals surface area (Å²) in [5, 5.41) is 9.01. The maximum atomic E-state index is 6.15. The highest BCUT2D eigenvalue weighted by Crippen LogP contribution is 2.35. The zero-order chi connectivity index (χ0) is 16.4. The summed E-state index contributed by atoms with van der Waals surface area (Å²) in [6.07, 6.45) is -0.372. The normalized spacial score (nSPS) is 16.1. The van der Waals surface area contributed by atoms with Gasteiger partial charge in [0.25, 0.3) is 0 Å². The highest BCUT2D eigenvalue weighted by atomic mass is 32.2. The number of ether oxygens (including phenoxy) is 2. The monoisotopic (exact) mass is 340 g/mol. The molecule has 1 aliphatic rings. The van der Waals surface area contributed by atoms with Crippen LogP contribution in [0, 0.1) is 0 Å². The van der Waals surface area contributed by atoms with Crippen LogP contribution in [-0.4, -0.2) is 21.5 Å². The summed E-state index contributed by atoms with van der Waals surface area (Å²) in [6.45, 7) is 0.357. The Labute approximate surface area is 143 Å². The van der Waals surface area contributed by atoms with E-state index in [9.17, 15) is 0 Å². The number of hydrogen-bond donors (Lipinski definition) is 1. The Bertz CT molecular complexity index is 838. The van der Waals surface area contributed by atoms with Gasteiger partial charge >= 0.3 is 0 Å². The largest absolute Gasteiger partial charge is 0.485 e. The number of nitrogens with zero attached hydrogens (tertiary/aromatic N) is 3. The van der Waals surface area contributed by atoms with Crippen molar-refractivity contribution < 1.29 is 9.47 Å². The lowest BCUT2D eigenvalue weighted by atomic mass is 10.2. The minimum atomic E-state index is -0.372. The van der Waals surface area contributed by atoms with E-state index in [-0.39, 0.29) is 6.10 Å². The van der Waals surface area contributed by atoms with Gasteiger partial charge in [-0.3, -0.25) is 0 Å².